The van der Waals surface area contributed by atoms with Crippen molar-refractivity contribution in [2.24, 2.45) is 5.41 Å². The molecule has 0 atom stereocenters. The normalized spacial score (nSPS) is 18.4. The standard InChI is InChI=1S/C27H28FN3O/c1-20-6-5-14-29-24(20)19-30-15-11-27(12-16-30)13-17-31(26(27)32)25-10-9-22(18-23(25)28)21-7-3-2-4-8-21/h2-10,14,18H,11-13,15-17,19H2,1H3. The van der Waals surface area contributed by atoms with Crippen molar-refractivity contribution in [3.8, 4) is 11.1 Å². The van der Waals surface area contributed by atoms with Crippen LogP contribution in [0, 0.1) is 18.2 Å². The Hall–Kier alpha value is -3.05. The molecule has 3 heterocycles. The molecule has 1 amide bonds. The van der Waals surface area contributed by atoms with Crippen LogP contribution < -0.4 is 4.90 Å². The third kappa shape index (κ3) is 3.82. The Morgan fingerprint density at radius 1 is 0.938 bits per heavy atom. The van der Waals surface area contributed by atoms with Gasteiger partial charge in [-0.05, 0) is 74.2 Å². The quantitative estimate of drug-likeness (QED) is 0.571. The molecule has 0 saturated carbocycles. The number of amides is 1. The van der Waals surface area contributed by atoms with Crippen molar-refractivity contribution in [1.29, 1.82) is 0 Å². The molecule has 1 spiro atoms. The second-order valence-electron chi connectivity index (χ2n) is 9.06. The molecule has 0 bridgehead atoms. The molecule has 2 aromatic carbocycles. The number of hydrogen-bond acceptors (Lipinski definition) is 3. The van der Waals surface area contributed by atoms with E-state index in [4.69, 9.17) is 0 Å². The van der Waals surface area contributed by atoms with Gasteiger partial charge < -0.3 is 4.90 Å². The van der Waals surface area contributed by atoms with Gasteiger partial charge in [0.25, 0.3) is 0 Å². The van der Waals surface area contributed by atoms with E-state index in [1.807, 2.05) is 48.7 Å². The maximum atomic E-state index is 15.0. The number of pyridine rings is 1. The summed E-state index contributed by atoms with van der Waals surface area (Å²) >= 11 is 0. The molecule has 164 valence electrons. The number of benzene rings is 2. The zero-order chi connectivity index (χ0) is 22.1. The summed E-state index contributed by atoms with van der Waals surface area (Å²) in [6, 6.07) is 19.0. The Morgan fingerprint density at radius 2 is 1.69 bits per heavy atom. The molecule has 4 nitrogen and oxygen atoms in total. The van der Waals surface area contributed by atoms with E-state index in [0.717, 1.165) is 55.7 Å². The van der Waals surface area contributed by atoms with Crippen LogP contribution >= 0.6 is 0 Å². The topological polar surface area (TPSA) is 36.4 Å². The molecule has 0 aliphatic carbocycles. The van der Waals surface area contributed by atoms with E-state index in [1.54, 1.807) is 17.0 Å². The van der Waals surface area contributed by atoms with Crippen LogP contribution in [0.5, 0.6) is 0 Å². The van der Waals surface area contributed by atoms with Crippen LogP contribution in [0.1, 0.15) is 30.5 Å². The molecule has 2 saturated heterocycles. The number of aromatic nitrogens is 1. The van der Waals surface area contributed by atoms with Crippen LogP contribution in [0.3, 0.4) is 0 Å². The lowest BCUT2D eigenvalue weighted by Gasteiger charge is -2.38. The van der Waals surface area contributed by atoms with Gasteiger partial charge in [-0.25, -0.2) is 4.39 Å². The first-order valence-electron chi connectivity index (χ1n) is 11.4. The monoisotopic (exact) mass is 429 g/mol. The largest absolute Gasteiger partial charge is 0.309 e. The van der Waals surface area contributed by atoms with E-state index in [9.17, 15) is 4.79 Å². The number of carbonyl (C=O) groups excluding carboxylic acids is 1. The van der Waals surface area contributed by atoms with Crippen molar-refractivity contribution in [2.45, 2.75) is 32.7 Å². The summed E-state index contributed by atoms with van der Waals surface area (Å²) in [5.74, 6) is -0.252. The highest BCUT2D eigenvalue weighted by molar-refractivity contribution is 6.00. The Bertz CT molecular complexity index is 1120. The predicted octanol–water partition coefficient (Wildman–Crippen LogP) is 5.22. The fourth-order valence-corrected chi connectivity index (χ4v) is 5.09. The molecule has 0 unspecified atom stereocenters. The number of nitrogens with zero attached hydrogens (tertiary/aromatic N) is 3. The van der Waals surface area contributed by atoms with Crippen LogP contribution in [-0.2, 0) is 11.3 Å². The van der Waals surface area contributed by atoms with Gasteiger partial charge in [0.15, 0.2) is 0 Å². The number of anilines is 1. The van der Waals surface area contributed by atoms with E-state index in [2.05, 4.69) is 22.9 Å². The number of likely N-dealkylation sites (tertiary alicyclic amines) is 1. The first kappa shape index (κ1) is 20.8. The summed E-state index contributed by atoms with van der Waals surface area (Å²) in [6.45, 7) is 5.22. The zero-order valence-electron chi connectivity index (χ0n) is 18.4. The van der Waals surface area contributed by atoms with E-state index < -0.39 is 0 Å². The first-order valence-corrected chi connectivity index (χ1v) is 11.4. The van der Waals surface area contributed by atoms with Gasteiger partial charge in [0.05, 0.1) is 16.8 Å². The van der Waals surface area contributed by atoms with Crippen molar-refractivity contribution in [1.82, 2.24) is 9.88 Å². The molecule has 1 aromatic heterocycles. The molecule has 32 heavy (non-hydrogen) atoms. The van der Waals surface area contributed by atoms with Crippen LogP contribution in [0.25, 0.3) is 11.1 Å². The Labute approximate surface area is 188 Å². The Balaban J connectivity index is 1.28. The lowest BCUT2D eigenvalue weighted by molar-refractivity contribution is -0.128. The summed E-state index contributed by atoms with van der Waals surface area (Å²) in [7, 11) is 0. The third-order valence-corrected chi connectivity index (χ3v) is 7.16. The van der Waals surface area contributed by atoms with Gasteiger partial charge in [0, 0.05) is 19.3 Å². The van der Waals surface area contributed by atoms with Crippen LogP contribution in [-0.4, -0.2) is 35.4 Å². The van der Waals surface area contributed by atoms with Crippen molar-refractivity contribution in [3.05, 3.63) is 83.9 Å². The summed E-state index contributed by atoms with van der Waals surface area (Å²) < 4.78 is 15.0. The van der Waals surface area contributed by atoms with E-state index in [1.165, 1.54) is 5.56 Å². The van der Waals surface area contributed by atoms with Crippen molar-refractivity contribution < 1.29 is 9.18 Å². The minimum atomic E-state index is -0.361. The molecule has 2 aliphatic rings. The number of piperidine rings is 1. The van der Waals surface area contributed by atoms with Gasteiger partial charge in [-0.3, -0.25) is 14.7 Å². The number of rotatable bonds is 4. The average Bonchev–Trinajstić information content (AvgIpc) is 3.13. The number of halogens is 1. The minimum Gasteiger partial charge on any atom is -0.309 e. The maximum absolute atomic E-state index is 15.0. The number of aryl methyl sites for hydroxylation is 1. The van der Waals surface area contributed by atoms with Crippen molar-refractivity contribution in [3.63, 3.8) is 0 Å². The van der Waals surface area contributed by atoms with E-state index >= 15 is 4.39 Å². The van der Waals surface area contributed by atoms with Crippen molar-refractivity contribution >= 4 is 11.6 Å². The summed E-state index contributed by atoms with van der Waals surface area (Å²) in [5.41, 5.74) is 4.14. The molecular weight excluding hydrogens is 401 g/mol. The predicted molar refractivity (Wildman–Crippen MR) is 125 cm³/mol. The molecular formula is C27H28FN3O. The van der Waals surface area contributed by atoms with Gasteiger partial charge >= 0.3 is 0 Å². The lowest BCUT2D eigenvalue weighted by Crippen LogP contribution is -2.44. The zero-order valence-corrected chi connectivity index (χ0v) is 18.4. The van der Waals surface area contributed by atoms with Crippen LogP contribution in [0.4, 0.5) is 10.1 Å². The average molecular weight is 430 g/mol. The lowest BCUT2D eigenvalue weighted by atomic mass is 9.77. The second-order valence-corrected chi connectivity index (χ2v) is 9.06. The molecule has 2 aliphatic heterocycles. The first-order chi connectivity index (χ1) is 15.6. The molecule has 2 fully saturated rings. The summed E-state index contributed by atoms with van der Waals surface area (Å²) in [6.07, 6.45) is 4.27. The smallest absolute Gasteiger partial charge is 0.233 e. The van der Waals surface area contributed by atoms with Crippen LogP contribution in [0.15, 0.2) is 66.9 Å². The molecule has 5 rings (SSSR count). The van der Waals surface area contributed by atoms with Gasteiger partial charge in [-0.1, -0.05) is 42.5 Å². The molecule has 5 heteroatoms. The number of carbonyl (C=O) groups is 1. The third-order valence-electron chi connectivity index (χ3n) is 7.16. The highest BCUT2D eigenvalue weighted by Gasteiger charge is 2.48. The summed E-state index contributed by atoms with van der Waals surface area (Å²) in [5, 5.41) is 0. The number of hydrogen-bond donors (Lipinski definition) is 0. The van der Waals surface area contributed by atoms with Gasteiger partial charge in [0.1, 0.15) is 5.82 Å². The second kappa shape index (κ2) is 8.47. The van der Waals surface area contributed by atoms with Gasteiger partial charge in [-0.15, -0.1) is 0 Å². The molecule has 0 radical (unpaired) electrons. The van der Waals surface area contributed by atoms with Gasteiger partial charge in [0.2, 0.25) is 5.91 Å². The van der Waals surface area contributed by atoms with E-state index in [-0.39, 0.29) is 17.1 Å². The highest BCUT2D eigenvalue weighted by Crippen LogP contribution is 2.44. The Morgan fingerprint density at radius 3 is 2.41 bits per heavy atom. The van der Waals surface area contributed by atoms with Crippen molar-refractivity contribution in [2.75, 3.05) is 24.5 Å². The molecule has 3 aromatic rings. The molecule has 0 N–H and O–H groups in total. The fraction of sp³-hybridized carbons (Fsp3) is 0.333. The minimum absolute atomic E-state index is 0.0810. The summed E-state index contributed by atoms with van der Waals surface area (Å²) in [4.78, 5) is 22.0. The highest BCUT2D eigenvalue weighted by atomic mass is 19.1. The Kier molecular flexibility index (Phi) is 5.51. The van der Waals surface area contributed by atoms with Crippen LogP contribution in [0.2, 0.25) is 0 Å². The maximum Gasteiger partial charge on any atom is 0.233 e. The SMILES string of the molecule is Cc1cccnc1CN1CCC2(CC1)CCN(c1ccc(-c3ccccc3)cc1F)C2=O. The van der Waals surface area contributed by atoms with E-state index in [0.29, 0.717) is 12.2 Å². The fourth-order valence-electron chi connectivity index (χ4n) is 5.09. The van der Waals surface area contributed by atoms with Gasteiger partial charge in [-0.2, -0.15) is 0 Å².